The first-order valence-electron chi connectivity index (χ1n) is 8.60. The van der Waals surface area contributed by atoms with Gasteiger partial charge in [0.2, 0.25) is 0 Å². The van der Waals surface area contributed by atoms with Crippen LogP contribution in [0.5, 0.6) is 11.5 Å². The van der Waals surface area contributed by atoms with Crippen LogP contribution in [0.25, 0.3) is 0 Å². The summed E-state index contributed by atoms with van der Waals surface area (Å²) in [6, 6.07) is 13.7. The maximum atomic E-state index is 6.49. The van der Waals surface area contributed by atoms with E-state index in [-0.39, 0.29) is 0 Å². The number of hydrogen-bond acceptors (Lipinski definition) is 4. The summed E-state index contributed by atoms with van der Waals surface area (Å²) < 4.78 is 11.4. The highest BCUT2D eigenvalue weighted by molar-refractivity contribution is 7.80. The van der Waals surface area contributed by atoms with Crippen molar-refractivity contribution in [1.82, 2.24) is 9.80 Å². The molecule has 1 fully saturated rings. The first kappa shape index (κ1) is 19.0. The van der Waals surface area contributed by atoms with Crippen LogP contribution in [0.2, 0.25) is 5.02 Å². The Kier molecular flexibility index (Phi) is 6.35. The van der Waals surface area contributed by atoms with Crippen LogP contribution in [-0.2, 0) is 6.61 Å². The van der Waals surface area contributed by atoms with E-state index in [9.17, 15) is 0 Å². The lowest BCUT2D eigenvalue weighted by molar-refractivity contribution is 0.218. The largest absolute Gasteiger partial charge is 0.493 e. The van der Waals surface area contributed by atoms with Crippen molar-refractivity contribution in [3.63, 3.8) is 0 Å². The topological polar surface area (TPSA) is 24.9 Å². The minimum atomic E-state index is 0.430. The van der Waals surface area contributed by atoms with Gasteiger partial charge in [0, 0.05) is 31.7 Å². The van der Waals surface area contributed by atoms with Crippen LogP contribution in [0.15, 0.2) is 42.5 Å². The Balaban J connectivity index is 1.77. The summed E-state index contributed by atoms with van der Waals surface area (Å²) in [5.41, 5.74) is 1.96. The third kappa shape index (κ3) is 4.47. The molecule has 1 saturated heterocycles. The van der Waals surface area contributed by atoms with E-state index >= 15 is 0 Å². The first-order valence-corrected chi connectivity index (χ1v) is 9.39. The summed E-state index contributed by atoms with van der Waals surface area (Å²) in [4.78, 5) is 5.31. The van der Waals surface area contributed by atoms with Gasteiger partial charge in [-0.3, -0.25) is 0 Å². The van der Waals surface area contributed by atoms with E-state index in [4.69, 9.17) is 33.3 Å². The van der Waals surface area contributed by atoms with Crippen molar-refractivity contribution >= 4 is 28.8 Å². The molecule has 2 aromatic rings. The van der Waals surface area contributed by atoms with E-state index in [2.05, 4.69) is 16.8 Å². The van der Waals surface area contributed by atoms with Gasteiger partial charge in [-0.05, 0) is 24.7 Å². The molecule has 0 aromatic heterocycles. The first-order chi connectivity index (χ1) is 12.6. The molecule has 2 aromatic carbocycles. The maximum absolute atomic E-state index is 6.49. The second-order valence-corrected chi connectivity index (χ2v) is 7.15. The van der Waals surface area contributed by atoms with E-state index in [1.165, 1.54) is 0 Å². The van der Waals surface area contributed by atoms with Gasteiger partial charge in [-0.25, -0.2) is 0 Å². The molecule has 0 bridgehead atoms. The summed E-state index contributed by atoms with van der Waals surface area (Å²) in [6.45, 7) is 4.27. The average Bonchev–Trinajstić information content (AvgIpc) is 2.67. The molecular weight excluding hydrogens is 368 g/mol. The number of nitrogens with zero attached hydrogens (tertiary/aromatic N) is 2. The van der Waals surface area contributed by atoms with Crippen molar-refractivity contribution in [2.24, 2.45) is 0 Å². The lowest BCUT2D eigenvalue weighted by atomic mass is 10.1. The van der Waals surface area contributed by atoms with Crippen LogP contribution < -0.4 is 9.47 Å². The molecule has 0 N–H and O–H groups in total. The average molecular weight is 391 g/mol. The molecule has 1 heterocycles. The molecule has 0 atom stereocenters. The van der Waals surface area contributed by atoms with Crippen molar-refractivity contribution in [1.29, 1.82) is 0 Å². The van der Waals surface area contributed by atoms with Crippen LogP contribution in [0.1, 0.15) is 11.1 Å². The van der Waals surface area contributed by atoms with Crippen LogP contribution >= 0.6 is 23.8 Å². The minimum Gasteiger partial charge on any atom is -0.493 e. The SMILES string of the molecule is COc1cc(C(=S)N2CCN(C)CC2)cc(Cl)c1OCc1ccccc1. The van der Waals surface area contributed by atoms with Gasteiger partial charge in [0.15, 0.2) is 11.5 Å². The molecule has 0 saturated carbocycles. The van der Waals surface area contributed by atoms with E-state index in [1.807, 2.05) is 42.5 Å². The summed E-state index contributed by atoms with van der Waals surface area (Å²) in [5.74, 6) is 1.14. The van der Waals surface area contributed by atoms with Crippen molar-refractivity contribution in [3.05, 3.63) is 58.6 Å². The van der Waals surface area contributed by atoms with Crippen LogP contribution in [0, 0.1) is 0 Å². The smallest absolute Gasteiger partial charge is 0.180 e. The predicted octanol–water partition coefficient (Wildman–Crippen LogP) is 3.85. The number of methoxy groups -OCH3 is 1. The highest BCUT2D eigenvalue weighted by Crippen LogP contribution is 2.37. The fourth-order valence-electron chi connectivity index (χ4n) is 2.91. The Morgan fingerprint density at radius 2 is 1.81 bits per heavy atom. The Bertz CT molecular complexity index is 762. The predicted molar refractivity (Wildman–Crippen MR) is 110 cm³/mol. The third-order valence-electron chi connectivity index (χ3n) is 4.49. The number of thiocarbonyl (C=S) groups is 1. The molecule has 6 heteroatoms. The molecule has 3 rings (SSSR count). The molecule has 0 amide bonds. The zero-order valence-electron chi connectivity index (χ0n) is 15.1. The van der Waals surface area contributed by atoms with E-state index in [0.29, 0.717) is 23.1 Å². The number of benzene rings is 2. The van der Waals surface area contributed by atoms with Crippen molar-refractivity contribution in [2.45, 2.75) is 6.61 Å². The normalized spacial score (nSPS) is 15.0. The fraction of sp³-hybridized carbons (Fsp3) is 0.350. The lowest BCUT2D eigenvalue weighted by Gasteiger charge is -2.34. The number of piperazine rings is 1. The van der Waals surface area contributed by atoms with Gasteiger partial charge in [0.05, 0.1) is 12.1 Å². The summed E-state index contributed by atoms with van der Waals surface area (Å²) in [6.07, 6.45) is 0. The van der Waals surface area contributed by atoms with Crippen molar-refractivity contribution < 1.29 is 9.47 Å². The quantitative estimate of drug-likeness (QED) is 0.722. The van der Waals surface area contributed by atoms with Crippen LogP contribution in [0.3, 0.4) is 0 Å². The van der Waals surface area contributed by atoms with Gasteiger partial charge >= 0.3 is 0 Å². The molecule has 0 aliphatic carbocycles. The molecule has 0 spiro atoms. The van der Waals surface area contributed by atoms with Gasteiger partial charge < -0.3 is 19.3 Å². The molecule has 0 unspecified atom stereocenters. The Morgan fingerprint density at radius 3 is 2.46 bits per heavy atom. The number of hydrogen-bond donors (Lipinski definition) is 0. The molecule has 26 heavy (non-hydrogen) atoms. The summed E-state index contributed by atoms with van der Waals surface area (Å²) in [5, 5.41) is 0.506. The number of likely N-dealkylation sites (N-methyl/N-ethyl adjacent to an activating group) is 1. The van der Waals surface area contributed by atoms with Crippen LogP contribution in [0.4, 0.5) is 0 Å². The highest BCUT2D eigenvalue weighted by Gasteiger charge is 2.20. The van der Waals surface area contributed by atoms with Crippen molar-refractivity contribution in [2.75, 3.05) is 40.3 Å². The minimum absolute atomic E-state index is 0.430. The van der Waals surface area contributed by atoms with E-state index in [1.54, 1.807) is 7.11 Å². The molecule has 0 radical (unpaired) electrons. The van der Waals surface area contributed by atoms with Gasteiger partial charge in [-0.15, -0.1) is 0 Å². The van der Waals surface area contributed by atoms with Crippen molar-refractivity contribution in [3.8, 4) is 11.5 Å². The Morgan fingerprint density at radius 1 is 1.12 bits per heavy atom. The standard InChI is InChI=1S/C20H23ClN2O2S/c1-22-8-10-23(11-9-22)20(26)16-12-17(21)19(18(13-16)24-2)25-14-15-6-4-3-5-7-15/h3-7,12-13H,8-11,14H2,1-2H3. The molecular formula is C20H23ClN2O2S. The zero-order chi connectivity index (χ0) is 18.5. The summed E-state index contributed by atoms with van der Waals surface area (Å²) in [7, 11) is 3.74. The maximum Gasteiger partial charge on any atom is 0.180 e. The zero-order valence-corrected chi connectivity index (χ0v) is 16.6. The van der Waals surface area contributed by atoms with Gasteiger partial charge in [0.1, 0.15) is 11.6 Å². The molecule has 138 valence electrons. The number of rotatable bonds is 5. The van der Waals surface area contributed by atoms with E-state index < -0.39 is 0 Å². The van der Waals surface area contributed by atoms with Gasteiger partial charge in [-0.2, -0.15) is 0 Å². The third-order valence-corrected chi connectivity index (χ3v) is 5.27. The second-order valence-electron chi connectivity index (χ2n) is 6.36. The van der Waals surface area contributed by atoms with Gasteiger partial charge in [-0.1, -0.05) is 54.2 Å². The molecule has 4 nitrogen and oxygen atoms in total. The highest BCUT2D eigenvalue weighted by atomic mass is 35.5. The molecule has 1 aliphatic rings. The molecule has 1 aliphatic heterocycles. The number of ether oxygens (including phenoxy) is 2. The Hall–Kier alpha value is -1.82. The number of halogens is 1. The fourth-order valence-corrected chi connectivity index (χ4v) is 3.47. The lowest BCUT2D eigenvalue weighted by Crippen LogP contribution is -2.46. The van der Waals surface area contributed by atoms with Crippen LogP contribution in [-0.4, -0.2) is 55.1 Å². The second kappa shape index (κ2) is 8.71. The summed E-state index contributed by atoms with van der Waals surface area (Å²) >= 11 is 12.2. The Labute approximate surface area is 165 Å². The monoisotopic (exact) mass is 390 g/mol. The van der Waals surface area contributed by atoms with Gasteiger partial charge in [0.25, 0.3) is 0 Å². The van der Waals surface area contributed by atoms with E-state index in [0.717, 1.165) is 42.3 Å².